The van der Waals surface area contributed by atoms with E-state index in [1.807, 2.05) is 0 Å². The molecule has 3 N–H and O–H groups in total. The van der Waals surface area contributed by atoms with Crippen LogP contribution in [-0.4, -0.2) is 49.3 Å². The van der Waals surface area contributed by atoms with Crippen molar-refractivity contribution in [2.24, 2.45) is 5.73 Å². The first-order valence-electron chi connectivity index (χ1n) is 18.2. The molecule has 0 fully saturated rings. The molecule has 0 aliphatic carbocycles. The van der Waals surface area contributed by atoms with Crippen LogP contribution in [0.5, 0.6) is 0 Å². The zero-order valence-electron chi connectivity index (χ0n) is 28.9. The summed E-state index contributed by atoms with van der Waals surface area (Å²) in [6, 6.07) is 0. The Kier molecular flexibility index (Phi) is 31.8. The minimum absolute atomic E-state index is 0.0534. The summed E-state index contributed by atoms with van der Waals surface area (Å²) in [6.07, 6.45) is 29.6. The zero-order valence-corrected chi connectivity index (χ0v) is 29.8. The fraction of sp³-hybridized carbons (Fsp3) is 0.886. The van der Waals surface area contributed by atoms with Crippen molar-refractivity contribution in [1.82, 2.24) is 0 Å². The summed E-state index contributed by atoms with van der Waals surface area (Å²) in [5.74, 6) is -0.847. The molecule has 0 radical (unpaired) electrons. The molecule has 0 aromatic rings. The number of phosphoric acid groups is 1. The van der Waals surface area contributed by atoms with Gasteiger partial charge in [0.25, 0.3) is 0 Å². The molecular weight excluding hydrogens is 593 g/mol. The van der Waals surface area contributed by atoms with Crippen molar-refractivity contribution < 1.29 is 37.6 Å². The van der Waals surface area contributed by atoms with E-state index in [-0.39, 0.29) is 38.6 Å². The summed E-state index contributed by atoms with van der Waals surface area (Å²) in [5, 5.41) is 0. The molecule has 0 saturated carbocycles. The number of hydrogen-bond acceptors (Lipinski definition) is 8. The van der Waals surface area contributed by atoms with Crippen LogP contribution < -0.4 is 5.73 Å². The third kappa shape index (κ3) is 32.5. The highest BCUT2D eigenvalue weighted by molar-refractivity contribution is 7.47. The monoisotopic (exact) mass is 661 g/mol. The van der Waals surface area contributed by atoms with Crippen LogP contribution >= 0.6 is 7.82 Å². The molecule has 10 heteroatoms. The number of unbranched alkanes of at least 4 members (excludes halogenated alkanes) is 19. The van der Waals surface area contributed by atoms with Gasteiger partial charge in [-0.25, -0.2) is 4.57 Å². The molecule has 0 saturated heterocycles. The summed E-state index contributed by atoms with van der Waals surface area (Å²) in [5.41, 5.74) is 5.32. The number of carbonyl (C=O) groups is 2. The van der Waals surface area contributed by atoms with Crippen molar-refractivity contribution in [1.29, 1.82) is 0 Å². The second-order valence-corrected chi connectivity index (χ2v) is 13.5. The van der Waals surface area contributed by atoms with Gasteiger partial charge in [0.2, 0.25) is 0 Å². The SMILES string of the molecule is CCCCCCCCCC/C=C/CCCCCC(=O)O[C@H](COC(=O)CCCCCCCCCCC)COP(=O)(O)OCCN. The first kappa shape index (κ1) is 43.8. The summed E-state index contributed by atoms with van der Waals surface area (Å²) < 4.78 is 32.5. The number of rotatable bonds is 34. The first-order chi connectivity index (χ1) is 21.8. The molecular formula is C35H68NO8P. The molecule has 2 atom stereocenters. The quantitative estimate of drug-likeness (QED) is 0.0299. The lowest BCUT2D eigenvalue weighted by atomic mass is 10.1. The Bertz CT molecular complexity index is 764. The maximum Gasteiger partial charge on any atom is 0.472 e. The third-order valence-corrected chi connectivity index (χ3v) is 8.64. The lowest BCUT2D eigenvalue weighted by Gasteiger charge is -2.19. The molecule has 0 aromatic carbocycles. The van der Waals surface area contributed by atoms with Crippen molar-refractivity contribution in [3.8, 4) is 0 Å². The second kappa shape index (κ2) is 32.7. The zero-order chi connectivity index (χ0) is 33.3. The van der Waals surface area contributed by atoms with Crippen LogP contribution in [0.15, 0.2) is 12.2 Å². The van der Waals surface area contributed by atoms with Gasteiger partial charge < -0.3 is 20.1 Å². The van der Waals surface area contributed by atoms with Crippen LogP contribution in [0.4, 0.5) is 0 Å². The van der Waals surface area contributed by atoms with Crippen LogP contribution in [0.3, 0.4) is 0 Å². The average Bonchev–Trinajstić information content (AvgIpc) is 3.02. The molecule has 0 aliphatic heterocycles. The molecule has 266 valence electrons. The Hall–Kier alpha value is -1.25. The van der Waals surface area contributed by atoms with Crippen molar-refractivity contribution >= 4 is 19.8 Å². The number of esters is 2. The van der Waals surface area contributed by atoms with Gasteiger partial charge in [0.15, 0.2) is 6.10 Å². The highest BCUT2D eigenvalue weighted by atomic mass is 31.2. The van der Waals surface area contributed by atoms with Gasteiger partial charge >= 0.3 is 19.8 Å². The lowest BCUT2D eigenvalue weighted by Crippen LogP contribution is -2.29. The summed E-state index contributed by atoms with van der Waals surface area (Å²) >= 11 is 0. The lowest BCUT2D eigenvalue weighted by molar-refractivity contribution is -0.161. The Labute approximate surface area is 275 Å². The van der Waals surface area contributed by atoms with E-state index >= 15 is 0 Å². The molecule has 0 aliphatic rings. The number of ether oxygens (including phenoxy) is 2. The van der Waals surface area contributed by atoms with E-state index < -0.39 is 26.5 Å². The van der Waals surface area contributed by atoms with Crippen LogP contribution in [-0.2, 0) is 32.7 Å². The number of allylic oxidation sites excluding steroid dienone is 2. The van der Waals surface area contributed by atoms with E-state index in [1.54, 1.807) is 0 Å². The van der Waals surface area contributed by atoms with Crippen LogP contribution in [0.1, 0.15) is 168 Å². The first-order valence-corrected chi connectivity index (χ1v) is 19.7. The van der Waals surface area contributed by atoms with E-state index in [0.29, 0.717) is 6.42 Å². The molecule has 9 nitrogen and oxygen atoms in total. The fourth-order valence-corrected chi connectivity index (χ4v) is 5.69. The van der Waals surface area contributed by atoms with Gasteiger partial charge in [-0.15, -0.1) is 0 Å². The second-order valence-electron chi connectivity index (χ2n) is 12.1. The number of phosphoric ester groups is 1. The highest BCUT2D eigenvalue weighted by Gasteiger charge is 2.25. The molecule has 0 spiro atoms. The van der Waals surface area contributed by atoms with Crippen molar-refractivity contribution in [3.63, 3.8) is 0 Å². The average molecular weight is 662 g/mol. The van der Waals surface area contributed by atoms with E-state index in [2.05, 4.69) is 26.0 Å². The molecule has 45 heavy (non-hydrogen) atoms. The third-order valence-electron chi connectivity index (χ3n) is 7.65. The Morgan fingerprint density at radius 1 is 0.644 bits per heavy atom. The maximum atomic E-state index is 12.5. The van der Waals surface area contributed by atoms with E-state index in [1.165, 1.54) is 89.9 Å². The minimum atomic E-state index is -4.36. The van der Waals surface area contributed by atoms with E-state index in [9.17, 15) is 19.0 Å². The standard InChI is InChI=1S/C35H68NO8P/c1-3-5-7-9-11-13-14-15-16-17-18-20-22-24-26-28-35(38)44-33(32-43-45(39,40)42-30-29-36)31-41-34(37)27-25-23-21-19-12-10-8-6-4-2/h17-18,33H,3-16,19-32,36H2,1-2H3,(H,39,40)/b18-17+/t33-/m1/s1. The van der Waals surface area contributed by atoms with Crippen LogP contribution in [0, 0.1) is 0 Å². The summed E-state index contributed by atoms with van der Waals surface area (Å²) in [7, 11) is -4.36. The topological polar surface area (TPSA) is 134 Å². The van der Waals surface area contributed by atoms with Gasteiger partial charge in [-0.2, -0.15) is 0 Å². The smallest absolute Gasteiger partial charge is 0.462 e. The highest BCUT2D eigenvalue weighted by Crippen LogP contribution is 2.43. The van der Waals surface area contributed by atoms with Gasteiger partial charge in [-0.1, -0.05) is 129 Å². The maximum absolute atomic E-state index is 12.5. The minimum Gasteiger partial charge on any atom is -0.462 e. The van der Waals surface area contributed by atoms with Gasteiger partial charge in [-0.05, 0) is 38.5 Å². The van der Waals surface area contributed by atoms with Gasteiger partial charge in [0.1, 0.15) is 6.61 Å². The van der Waals surface area contributed by atoms with Crippen molar-refractivity contribution in [3.05, 3.63) is 12.2 Å². The van der Waals surface area contributed by atoms with Crippen molar-refractivity contribution in [2.45, 2.75) is 174 Å². The Balaban J connectivity index is 4.25. The largest absolute Gasteiger partial charge is 0.472 e. The Morgan fingerprint density at radius 3 is 1.60 bits per heavy atom. The van der Waals surface area contributed by atoms with Gasteiger partial charge in [-0.3, -0.25) is 18.6 Å². The molecule has 0 amide bonds. The van der Waals surface area contributed by atoms with Crippen LogP contribution in [0.25, 0.3) is 0 Å². The molecule has 0 rings (SSSR count). The predicted octanol–water partition coefficient (Wildman–Crippen LogP) is 9.49. The molecule has 0 bridgehead atoms. The number of nitrogens with two attached hydrogens (primary N) is 1. The normalized spacial score (nSPS) is 13.6. The van der Waals surface area contributed by atoms with Gasteiger partial charge in [0.05, 0.1) is 13.2 Å². The summed E-state index contributed by atoms with van der Waals surface area (Å²) in [4.78, 5) is 34.5. The Morgan fingerprint density at radius 2 is 1.09 bits per heavy atom. The van der Waals surface area contributed by atoms with Crippen molar-refractivity contribution in [2.75, 3.05) is 26.4 Å². The number of carbonyl (C=O) groups excluding carboxylic acids is 2. The van der Waals surface area contributed by atoms with E-state index in [4.69, 9.17) is 24.3 Å². The fourth-order valence-electron chi connectivity index (χ4n) is 4.92. The van der Waals surface area contributed by atoms with E-state index in [0.717, 1.165) is 44.9 Å². The number of hydrogen-bond donors (Lipinski definition) is 2. The molecule has 1 unspecified atom stereocenters. The van der Waals surface area contributed by atoms with Gasteiger partial charge in [0, 0.05) is 19.4 Å². The predicted molar refractivity (Wildman–Crippen MR) is 183 cm³/mol. The molecule has 0 aromatic heterocycles. The van der Waals surface area contributed by atoms with Crippen LogP contribution in [0.2, 0.25) is 0 Å². The summed E-state index contributed by atoms with van der Waals surface area (Å²) in [6.45, 7) is 3.68. The molecule has 0 heterocycles.